The van der Waals surface area contributed by atoms with Crippen LogP contribution in [0.15, 0.2) is 12.1 Å². The van der Waals surface area contributed by atoms with E-state index in [1.165, 1.54) is 6.07 Å². The third-order valence-electron chi connectivity index (χ3n) is 2.82. The highest BCUT2D eigenvalue weighted by Gasteiger charge is 2.21. The molecule has 0 heterocycles. The third-order valence-corrected chi connectivity index (χ3v) is 2.82. The Morgan fingerprint density at radius 3 is 1.95 bits per heavy atom. The van der Waals surface area contributed by atoms with Crippen LogP contribution in [0.5, 0.6) is 0 Å². The fraction of sp³-hybridized carbons (Fsp3) is 0.308. The number of carbonyl (C=O) groups is 3. The average Bonchev–Trinajstić information content (AvgIpc) is 2.31. The van der Waals surface area contributed by atoms with Crippen molar-refractivity contribution in [1.29, 1.82) is 0 Å². The lowest BCUT2D eigenvalue weighted by atomic mass is 10.0. The fourth-order valence-electron chi connectivity index (χ4n) is 1.85. The monoisotopic (exact) mass is 278 g/mol. The van der Waals surface area contributed by atoms with Crippen molar-refractivity contribution in [2.24, 2.45) is 11.5 Å². The predicted molar refractivity (Wildman–Crippen MR) is 74.6 cm³/mol. The van der Waals surface area contributed by atoms with E-state index in [9.17, 15) is 14.4 Å². The van der Waals surface area contributed by atoms with Crippen molar-refractivity contribution in [2.45, 2.75) is 13.8 Å². The third kappa shape index (κ3) is 3.71. The zero-order valence-corrected chi connectivity index (χ0v) is 11.5. The second-order valence-electron chi connectivity index (χ2n) is 4.62. The molecule has 0 saturated carbocycles. The lowest BCUT2D eigenvalue weighted by Crippen LogP contribution is -2.43. The number of aryl methyl sites for hydroxylation is 2. The number of anilines is 1. The van der Waals surface area contributed by atoms with Gasteiger partial charge in [-0.25, -0.2) is 0 Å². The predicted octanol–water partition coefficient (Wildman–Crippen LogP) is -0.702. The Morgan fingerprint density at radius 1 is 1.00 bits per heavy atom. The summed E-state index contributed by atoms with van der Waals surface area (Å²) in [4.78, 5) is 35.3. The summed E-state index contributed by atoms with van der Waals surface area (Å²) in [5, 5.41) is 0. The Hall–Kier alpha value is -2.57. The van der Waals surface area contributed by atoms with Gasteiger partial charge >= 0.3 is 0 Å². The quantitative estimate of drug-likeness (QED) is 0.614. The van der Waals surface area contributed by atoms with Gasteiger partial charge in [0.25, 0.3) is 5.91 Å². The van der Waals surface area contributed by atoms with Crippen LogP contribution in [-0.2, 0) is 9.59 Å². The summed E-state index contributed by atoms with van der Waals surface area (Å²) in [6, 6.07) is 3.28. The summed E-state index contributed by atoms with van der Waals surface area (Å²) in [5.41, 5.74) is 18.2. The maximum Gasteiger partial charge on any atom is 0.255 e. The topological polar surface area (TPSA) is 133 Å². The number of benzene rings is 1. The molecule has 0 aliphatic heterocycles. The van der Waals surface area contributed by atoms with E-state index in [1.54, 1.807) is 13.0 Å². The van der Waals surface area contributed by atoms with Gasteiger partial charge in [-0.3, -0.25) is 14.4 Å². The van der Waals surface area contributed by atoms with Crippen LogP contribution < -0.4 is 17.2 Å². The van der Waals surface area contributed by atoms with Gasteiger partial charge < -0.3 is 22.1 Å². The number of primary amides is 2. The van der Waals surface area contributed by atoms with Crippen molar-refractivity contribution in [2.75, 3.05) is 18.8 Å². The van der Waals surface area contributed by atoms with Crippen LogP contribution in [0.2, 0.25) is 0 Å². The van der Waals surface area contributed by atoms with Gasteiger partial charge in [0.05, 0.1) is 0 Å². The van der Waals surface area contributed by atoms with E-state index >= 15 is 0 Å². The van der Waals surface area contributed by atoms with E-state index in [4.69, 9.17) is 17.2 Å². The number of nitrogen functional groups attached to an aromatic ring is 1. The summed E-state index contributed by atoms with van der Waals surface area (Å²) in [6.45, 7) is 2.80. The van der Waals surface area contributed by atoms with Gasteiger partial charge in [0.1, 0.15) is 13.1 Å². The number of hydrogen-bond donors (Lipinski definition) is 3. The molecule has 108 valence electrons. The SMILES string of the molecule is Cc1cc(C)c(C(=O)N(CC(N)=O)CC(N)=O)cc1N. The zero-order chi connectivity index (χ0) is 15.4. The Kier molecular flexibility index (Phi) is 4.68. The summed E-state index contributed by atoms with van der Waals surface area (Å²) in [5.74, 6) is -1.96. The van der Waals surface area contributed by atoms with Crippen molar-refractivity contribution < 1.29 is 14.4 Å². The Bertz CT molecular complexity index is 553. The average molecular weight is 278 g/mol. The first kappa shape index (κ1) is 15.5. The molecular weight excluding hydrogens is 260 g/mol. The normalized spacial score (nSPS) is 10.1. The van der Waals surface area contributed by atoms with Crippen LogP contribution in [0.1, 0.15) is 21.5 Å². The van der Waals surface area contributed by atoms with Crippen molar-refractivity contribution >= 4 is 23.4 Å². The summed E-state index contributed by atoms with van der Waals surface area (Å²) < 4.78 is 0. The van der Waals surface area contributed by atoms with Crippen LogP contribution in [0.25, 0.3) is 0 Å². The van der Waals surface area contributed by atoms with Crippen molar-refractivity contribution in [1.82, 2.24) is 4.90 Å². The van der Waals surface area contributed by atoms with Gasteiger partial charge in [-0.05, 0) is 31.0 Å². The molecule has 6 N–H and O–H groups in total. The minimum absolute atomic E-state index is 0.315. The van der Waals surface area contributed by atoms with E-state index in [-0.39, 0.29) is 13.1 Å². The fourth-order valence-corrected chi connectivity index (χ4v) is 1.85. The molecule has 0 saturated heterocycles. The zero-order valence-electron chi connectivity index (χ0n) is 11.5. The minimum atomic E-state index is -0.725. The second-order valence-corrected chi connectivity index (χ2v) is 4.62. The number of amides is 3. The van der Waals surface area contributed by atoms with E-state index in [0.29, 0.717) is 16.8 Å². The van der Waals surface area contributed by atoms with Gasteiger partial charge in [0, 0.05) is 11.3 Å². The molecule has 3 amide bonds. The van der Waals surface area contributed by atoms with Gasteiger partial charge in [-0.2, -0.15) is 0 Å². The smallest absolute Gasteiger partial charge is 0.255 e. The Morgan fingerprint density at radius 2 is 1.50 bits per heavy atom. The highest BCUT2D eigenvalue weighted by atomic mass is 16.2. The van der Waals surface area contributed by atoms with Crippen LogP contribution in [0, 0.1) is 13.8 Å². The highest BCUT2D eigenvalue weighted by Crippen LogP contribution is 2.19. The molecule has 0 aromatic heterocycles. The van der Waals surface area contributed by atoms with Crippen molar-refractivity contribution in [3.63, 3.8) is 0 Å². The minimum Gasteiger partial charge on any atom is -0.398 e. The van der Waals surface area contributed by atoms with Gasteiger partial charge in [0.2, 0.25) is 11.8 Å². The maximum atomic E-state index is 12.4. The second kappa shape index (κ2) is 6.05. The molecule has 1 aromatic rings. The molecule has 0 fully saturated rings. The molecule has 0 aliphatic carbocycles. The van der Waals surface area contributed by atoms with Gasteiger partial charge in [-0.1, -0.05) is 6.07 Å². The van der Waals surface area contributed by atoms with Crippen LogP contribution in [0.4, 0.5) is 5.69 Å². The number of rotatable bonds is 5. The molecule has 0 bridgehead atoms. The van der Waals surface area contributed by atoms with Crippen LogP contribution in [0.3, 0.4) is 0 Å². The van der Waals surface area contributed by atoms with E-state index < -0.39 is 17.7 Å². The first-order valence-electron chi connectivity index (χ1n) is 5.95. The molecule has 0 radical (unpaired) electrons. The number of hydrogen-bond acceptors (Lipinski definition) is 4. The molecule has 0 spiro atoms. The first-order valence-corrected chi connectivity index (χ1v) is 5.95. The largest absolute Gasteiger partial charge is 0.398 e. The van der Waals surface area contributed by atoms with E-state index in [1.807, 2.05) is 6.92 Å². The first-order chi connectivity index (χ1) is 9.22. The maximum absolute atomic E-state index is 12.4. The molecule has 1 aromatic carbocycles. The Labute approximate surface area is 116 Å². The lowest BCUT2D eigenvalue weighted by Gasteiger charge is -2.21. The van der Waals surface area contributed by atoms with Crippen molar-refractivity contribution in [3.05, 3.63) is 28.8 Å². The van der Waals surface area contributed by atoms with Crippen LogP contribution >= 0.6 is 0 Å². The molecule has 20 heavy (non-hydrogen) atoms. The molecule has 0 unspecified atom stereocenters. The summed E-state index contributed by atoms with van der Waals surface area (Å²) >= 11 is 0. The number of nitrogens with zero attached hydrogens (tertiary/aromatic N) is 1. The van der Waals surface area contributed by atoms with Gasteiger partial charge in [-0.15, -0.1) is 0 Å². The standard InChI is InChI=1S/C13H18N4O3/c1-7-3-8(2)10(14)4-9(7)13(20)17(5-11(15)18)6-12(16)19/h3-4H,5-6,14H2,1-2H3,(H2,15,18)(H2,16,19). The van der Waals surface area contributed by atoms with E-state index in [2.05, 4.69) is 0 Å². The van der Waals surface area contributed by atoms with Crippen LogP contribution in [-0.4, -0.2) is 35.7 Å². The molecule has 1 rings (SSSR count). The highest BCUT2D eigenvalue weighted by molar-refractivity contribution is 6.00. The summed E-state index contributed by atoms with van der Waals surface area (Å²) in [7, 11) is 0. The van der Waals surface area contributed by atoms with Gasteiger partial charge in [0.15, 0.2) is 0 Å². The number of nitrogens with two attached hydrogens (primary N) is 3. The Balaban J connectivity index is 3.14. The van der Waals surface area contributed by atoms with E-state index in [0.717, 1.165) is 10.5 Å². The molecular formula is C13H18N4O3. The van der Waals surface area contributed by atoms with Crippen molar-refractivity contribution in [3.8, 4) is 0 Å². The molecule has 0 aliphatic rings. The molecule has 7 heteroatoms. The number of carbonyl (C=O) groups excluding carboxylic acids is 3. The molecule has 7 nitrogen and oxygen atoms in total. The molecule has 0 atom stereocenters. The lowest BCUT2D eigenvalue weighted by molar-refractivity contribution is -0.121. The summed E-state index contributed by atoms with van der Waals surface area (Å²) in [6.07, 6.45) is 0.